The number of carbonyl (C=O) groups excluding carboxylic acids is 1. The van der Waals surface area contributed by atoms with Crippen molar-refractivity contribution in [3.8, 4) is 11.4 Å². The molecule has 0 unspecified atom stereocenters. The molecule has 0 aliphatic rings. The molecule has 0 bridgehead atoms. The molecule has 166 valence electrons. The Balaban J connectivity index is 1.40. The Morgan fingerprint density at radius 2 is 2.00 bits per heavy atom. The van der Waals surface area contributed by atoms with Crippen LogP contribution >= 0.6 is 11.8 Å². The first-order valence-corrected chi connectivity index (χ1v) is 11.4. The highest BCUT2D eigenvalue weighted by molar-refractivity contribution is 7.99. The summed E-state index contributed by atoms with van der Waals surface area (Å²) in [6, 6.07) is 15.1. The molecule has 2 N–H and O–H groups in total. The molecule has 0 saturated carbocycles. The lowest BCUT2D eigenvalue weighted by Crippen LogP contribution is -2.23. The zero-order chi connectivity index (χ0) is 22.7. The van der Waals surface area contributed by atoms with Gasteiger partial charge in [-0.05, 0) is 38.1 Å². The smallest absolute Gasteiger partial charge is 0.295 e. The Labute approximate surface area is 189 Å². The molecular weight excluding hydrogens is 426 g/mol. The largest absolute Gasteiger partial charge is 0.494 e. The molecule has 1 amide bonds. The zero-order valence-corrected chi connectivity index (χ0v) is 19.0. The molecule has 0 radical (unpaired) electrons. The van der Waals surface area contributed by atoms with Crippen LogP contribution in [0.15, 0.2) is 58.5 Å². The van der Waals surface area contributed by atoms with Crippen LogP contribution in [0.25, 0.3) is 16.7 Å². The third-order valence-corrected chi connectivity index (χ3v) is 6.00. The molecule has 2 aromatic heterocycles. The second-order valence-corrected chi connectivity index (χ2v) is 8.32. The monoisotopic (exact) mass is 451 g/mol. The summed E-state index contributed by atoms with van der Waals surface area (Å²) in [4.78, 5) is 33.2. The van der Waals surface area contributed by atoms with Gasteiger partial charge in [0.1, 0.15) is 11.4 Å². The van der Waals surface area contributed by atoms with Crippen molar-refractivity contribution in [1.29, 1.82) is 0 Å². The quantitative estimate of drug-likeness (QED) is 0.397. The summed E-state index contributed by atoms with van der Waals surface area (Å²) in [5.41, 5.74) is 3.24. The number of hydrogen-bond acceptors (Lipinski definition) is 5. The van der Waals surface area contributed by atoms with E-state index in [-0.39, 0.29) is 17.9 Å². The molecule has 0 atom stereocenters. The summed E-state index contributed by atoms with van der Waals surface area (Å²) in [7, 11) is 1.80. The third kappa shape index (κ3) is 4.43. The van der Waals surface area contributed by atoms with Crippen molar-refractivity contribution in [2.75, 3.05) is 17.7 Å². The molecule has 0 saturated heterocycles. The number of hydrogen-bond donors (Lipinski definition) is 2. The first kappa shape index (κ1) is 21.8. The van der Waals surface area contributed by atoms with Gasteiger partial charge in [0, 0.05) is 25.3 Å². The maximum atomic E-state index is 12.9. The predicted octanol–water partition coefficient (Wildman–Crippen LogP) is 3.88. The number of ether oxygens (including phenoxy) is 1. The van der Waals surface area contributed by atoms with Gasteiger partial charge in [0.2, 0.25) is 5.91 Å². The van der Waals surface area contributed by atoms with Crippen LogP contribution in [0.4, 0.5) is 5.69 Å². The van der Waals surface area contributed by atoms with Crippen LogP contribution in [0, 0.1) is 6.92 Å². The van der Waals surface area contributed by atoms with Crippen LogP contribution in [0.3, 0.4) is 0 Å². The van der Waals surface area contributed by atoms with Crippen molar-refractivity contribution >= 4 is 34.4 Å². The zero-order valence-electron chi connectivity index (χ0n) is 18.2. The van der Waals surface area contributed by atoms with Gasteiger partial charge in [-0.15, -0.1) is 0 Å². The number of aromatic nitrogens is 4. The van der Waals surface area contributed by atoms with Crippen LogP contribution in [-0.2, 0) is 11.8 Å². The fraction of sp³-hybridized carbons (Fsp3) is 0.261. The van der Waals surface area contributed by atoms with Crippen molar-refractivity contribution in [3.05, 3.63) is 64.6 Å². The molecule has 0 spiro atoms. The summed E-state index contributed by atoms with van der Waals surface area (Å²) in [6.45, 7) is 4.36. The van der Waals surface area contributed by atoms with E-state index in [2.05, 4.69) is 15.3 Å². The fourth-order valence-electron chi connectivity index (χ4n) is 3.44. The van der Waals surface area contributed by atoms with Crippen LogP contribution in [0.2, 0.25) is 0 Å². The standard InChI is InChI=1S/C23H25N5O3S/c1-4-31-17-10-11-18-19(14-17)25-23(24-18)32-13-12-20(29)26-21-15(2)27(3)28(22(21)30)16-8-6-5-7-9-16/h5-11,14H,4,12-13H2,1-3H3,(H,24,25)(H,26,29). The molecule has 0 aliphatic heterocycles. The first-order chi connectivity index (χ1) is 15.5. The van der Waals surface area contributed by atoms with Gasteiger partial charge in [0.15, 0.2) is 5.16 Å². The van der Waals surface area contributed by atoms with Gasteiger partial charge in [-0.3, -0.25) is 14.3 Å². The second-order valence-electron chi connectivity index (χ2n) is 7.24. The summed E-state index contributed by atoms with van der Waals surface area (Å²) >= 11 is 1.46. The molecule has 4 aromatic rings. The maximum Gasteiger partial charge on any atom is 0.295 e. The summed E-state index contributed by atoms with van der Waals surface area (Å²) < 4.78 is 8.80. The number of thioether (sulfide) groups is 1. The first-order valence-electron chi connectivity index (χ1n) is 10.4. The molecular formula is C23H25N5O3S. The van der Waals surface area contributed by atoms with Crippen LogP contribution in [-0.4, -0.2) is 37.6 Å². The number of imidazole rings is 1. The van der Waals surface area contributed by atoms with Gasteiger partial charge in [0.05, 0.1) is 29.0 Å². The molecule has 2 heterocycles. The fourth-order valence-corrected chi connectivity index (χ4v) is 4.27. The van der Waals surface area contributed by atoms with Crippen molar-refractivity contribution in [2.45, 2.75) is 25.4 Å². The van der Waals surface area contributed by atoms with Gasteiger partial charge >= 0.3 is 0 Å². The van der Waals surface area contributed by atoms with E-state index in [1.54, 1.807) is 16.4 Å². The molecule has 0 fully saturated rings. The van der Waals surface area contributed by atoms with Crippen molar-refractivity contribution < 1.29 is 9.53 Å². The normalized spacial score (nSPS) is 11.1. The van der Waals surface area contributed by atoms with Gasteiger partial charge in [-0.25, -0.2) is 9.67 Å². The number of para-hydroxylation sites is 1. The highest BCUT2D eigenvalue weighted by atomic mass is 32.2. The minimum Gasteiger partial charge on any atom is -0.494 e. The van der Waals surface area contributed by atoms with Gasteiger partial charge in [-0.2, -0.15) is 0 Å². The van der Waals surface area contributed by atoms with Gasteiger partial charge in [-0.1, -0.05) is 30.0 Å². The molecule has 8 nitrogen and oxygen atoms in total. The van der Waals surface area contributed by atoms with Crippen molar-refractivity contribution in [2.24, 2.45) is 7.05 Å². The minimum atomic E-state index is -0.250. The number of amides is 1. The number of anilines is 1. The average Bonchev–Trinajstić information content (AvgIpc) is 3.28. The Morgan fingerprint density at radius 1 is 1.22 bits per heavy atom. The number of H-pyrrole nitrogens is 1. The lowest BCUT2D eigenvalue weighted by molar-refractivity contribution is -0.115. The maximum absolute atomic E-state index is 12.9. The summed E-state index contributed by atoms with van der Waals surface area (Å²) in [5.74, 6) is 1.11. The summed E-state index contributed by atoms with van der Waals surface area (Å²) in [5, 5.41) is 3.53. The van der Waals surface area contributed by atoms with Gasteiger partial charge < -0.3 is 15.0 Å². The number of nitrogens with zero attached hydrogens (tertiary/aromatic N) is 3. The topological polar surface area (TPSA) is 93.9 Å². The summed E-state index contributed by atoms with van der Waals surface area (Å²) in [6.07, 6.45) is 0.255. The average molecular weight is 452 g/mol. The van der Waals surface area contributed by atoms with Crippen molar-refractivity contribution in [3.63, 3.8) is 0 Å². The highest BCUT2D eigenvalue weighted by Crippen LogP contribution is 2.24. The second kappa shape index (κ2) is 9.35. The highest BCUT2D eigenvalue weighted by Gasteiger charge is 2.18. The van der Waals surface area contributed by atoms with E-state index in [4.69, 9.17) is 4.74 Å². The molecule has 32 heavy (non-hydrogen) atoms. The van der Waals surface area contributed by atoms with E-state index in [0.29, 0.717) is 23.7 Å². The van der Waals surface area contributed by atoms with Crippen molar-refractivity contribution in [1.82, 2.24) is 19.3 Å². The predicted molar refractivity (Wildman–Crippen MR) is 127 cm³/mol. The number of benzene rings is 2. The Kier molecular flexibility index (Phi) is 6.36. The third-order valence-electron chi connectivity index (χ3n) is 5.13. The number of rotatable bonds is 8. The van der Waals surface area contributed by atoms with Crippen LogP contribution < -0.4 is 15.6 Å². The number of nitrogens with one attached hydrogen (secondary N) is 2. The Hall–Kier alpha value is -3.46. The van der Waals surface area contributed by atoms with E-state index in [9.17, 15) is 9.59 Å². The van der Waals surface area contributed by atoms with E-state index >= 15 is 0 Å². The number of aromatic amines is 1. The Morgan fingerprint density at radius 3 is 2.75 bits per heavy atom. The van der Waals surface area contributed by atoms with E-state index < -0.39 is 0 Å². The van der Waals surface area contributed by atoms with E-state index in [0.717, 1.165) is 27.6 Å². The SMILES string of the molecule is CCOc1ccc2nc(SCCC(=O)Nc3c(C)n(C)n(-c4ccccc4)c3=O)[nH]c2c1. The lowest BCUT2D eigenvalue weighted by Gasteiger charge is -2.07. The lowest BCUT2D eigenvalue weighted by atomic mass is 10.3. The van der Waals surface area contributed by atoms with Gasteiger partial charge in [0.25, 0.3) is 5.56 Å². The van der Waals surface area contributed by atoms with E-state index in [1.165, 1.54) is 11.8 Å². The molecule has 9 heteroatoms. The number of carbonyl (C=O) groups is 1. The molecule has 2 aromatic carbocycles. The molecule has 4 rings (SSSR count). The minimum absolute atomic E-state index is 0.210. The van der Waals surface area contributed by atoms with Crippen LogP contribution in [0.1, 0.15) is 19.0 Å². The molecule has 0 aliphatic carbocycles. The number of fused-ring (bicyclic) bond motifs is 1. The van der Waals surface area contributed by atoms with E-state index in [1.807, 2.05) is 62.4 Å². The van der Waals surface area contributed by atoms with Crippen LogP contribution in [0.5, 0.6) is 5.75 Å². The Bertz CT molecular complexity index is 1310.